The second-order valence-corrected chi connectivity index (χ2v) is 3.26. The van der Waals surface area contributed by atoms with E-state index in [0.29, 0.717) is 6.42 Å². The highest BCUT2D eigenvalue weighted by molar-refractivity contribution is 5.47. The van der Waals surface area contributed by atoms with Gasteiger partial charge in [-0.3, -0.25) is 10.1 Å². The molecule has 0 amide bonds. The molecule has 0 saturated heterocycles. The summed E-state index contributed by atoms with van der Waals surface area (Å²) in [5, 5.41) is 19.7. The van der Waals surface area contributed by atoms with Crippen molar-refractivity contribution in [3.8, 4) is 5.75 Å². The minimum atomic E-state index is -0.620. The van der Waals surface area contributed by atoms with Crippen LogP contribution in [0.2, 0.25) is 0 Å². The Morgan fingerprint density at radius 3 is 2.71 bits per heavy atom. The fourth-order valence-electron chi connectivity index (χ4n) is 1.22. The number of benzene rings is 1. The van der Waals surface area contributed by atoms with E-state index in [4.69, 9.17) is 5.73 Å². The number of phenols is 1. The summed E-state index contributed by atoms with van der Waals surface area (Å²) in [4.78, 5) is 9.76. The van der Waals surface area contributed by atoms with E-state index in [2.05, 4.69) is 0 Å². The van der Waals surface area contributed by atoms with Crippen LogP contribution in [0.4, 0.5) is 5.69 Å². The van der Waals surface area contributed by atoms with Crippen molar-refractivity contribution in [2.45, 2.75) is 19.4 Å². The highest BCUT2D eigenvalue weighted by atomic mass is 16.6. The monoisotopic (exact) mass is 196 g/mol. The predicted molar refractivity (Wildman–Crippen MR) is 52.1 cm³/mol. The Kier molecular flexibility index (Phi) is 3.03. The van der Waals surface area contributed by atoms with Crippen molar-refractivity contribution in [2.24, 2.45) is 5.73 Å². The molecule has 1 unspecified atom stereocenters. The lowest BCUT2D eigenvalue weighted by atomic mass is 10.1. The number of hydrogen-bond donors (Lipinski definition) is 2. The summed E-state index contributed by atoms with van der Waals surface area (Å²) >= 11 is 0. The number of nitrogens with zero attached hydrogens (tertiary/aromatic N) is 1. The number of hydrogen-bond acceptors (Lipinski definition) is 4. The van der Waals surface area contributed by atoms with Crippen LogP contribution in [0.5, 0.6) is 5.75 Å². The van der Waals surface area contributed by atoms with Crippen molar-refractivity contribution < 1.29 is 10.0 Å². The first kappa shape index (κ1) is 10.5. The molecule has 0 radical (unpaired) electrons. The fourth-order valence-corrected chi connectivity index (χ4v) is 1.22. The minimum absolute atomic E-state index is 0.0316. The normalized spacial score (nSPS) is 12.4. The summed E-state index contributed by atoms with van der Waals surface area (Å²) in [5.41, 5.74) is 6.07. The van der Waals surface area contributed by atoms with Crippen molar-refractivity contribution in [1.82, 2.24) is 0 Å². The third-order valence-corrected chi connectivity index (χ3v) is 1.79. The van der Waals surface area contributed by atoms with E-state index in [1.54, 1.807) is 6.07 Å². The highest BCUT2D eigenvalue weighted by Gasteiger charge is 2.12. The van der Waals surface area contributed by atoms with Gasteiger partial charge in [0, 0.05) is 12.1 Å². The molecule has 76 valence electrons. The summed E-state index contributed by atoms with van der Waals surface area (Å²) in [6.45, 7) is 1.83. The van der Waals surface area contributed by atoms with E-state index in [1.807, 2.05) is 6.92 Å². The molecule has 14 heavy (non-hydrogen) atoms. The molecule has 0 heterocycles. The van der Waals surface area contributed by atoms with Gasteiger partial charge in [-0.1, -0.05) is 6.07 Å². The molecule has 5 heteroatoms. The summed E-state index contributed by atoms with van der Waals surface area (Å²) in [5.74, 6) is -0.312. The Balaban J connectivity index is 2.94. The Labute approximate surface area is 81.3 Å². The lowest BCUT2D eigenvalue weighted by Gasteiger charge is -2.05. The maximum atomic E-state index is 10.4. The molecule has 0 bridgehead atoms. The molecule has 1 atom stereocenters. The molecule has 5 nitrogen and oxygen atoms in total. The third kappa shape index (κ3) is 2.43. The van der Waals surface area contributed by atoms with Gasteiger partial charge in [0.1, 0.15) is 0 Å². The highest BCUT2D eigenvalue weighted by Crippen LogP contribution is 2.26. The van der Waals surface area contributed by atoms with Crippen LogP contribution < -0.4 is 5.73 Å². The van der Waals surface area contributed by atoms with Crippen LogP contribution in [-0.4, -0.2) is 16.1 Å². The van der Waals surface area contributed by atoms with E-state index in [0.717, 1.165) is 5.56 Å². The number of nitro benzene ring substituents is 1. The van der Waals surface area contributed by atoms with Crippen molar-refractivity contribution in [2.75, 3.05) is 0 Å². The van der Waals surface area contributed by atoms with E-state index in [1.165, 1.54) is 12.1 Å². The van der Waals surface area contributed by atoms with Gasteiger partial charge in [0.25, 0.3) is 0 Å². The minimum Gasteiger partial charge on any atom is -0.502 e. The Bertz CT molecular complexity index is 350. The zero-order chi connectivity index (χ0) is 10.7. The third-order valence-electron chi connectivity index (χ3n) is 1.79. The molecule has 3 N–H and O–H groups in total. The molecule has 0 spiro atoms. The first-order chi connectivity index (χ1) is 6.50. The van der Waals surface area contributed by atoms with Gasteiger partial charge >= 0.3 is 5.69 Å². The molecule has 0 aliphatic heterocycles. The molecule has 1 rings (SSSR count). The number of nitro groups is 1. The molecular formula is C9H12N2O3. The number of aromatic hydroxyl groups is 1. The Morgan fingerprint density at radius 1 is 1.64 bits per heavy atom. The van der Waals surface area contributed by atoms with Gasteiger partial charge in [0.05, 0.1) is 4.92 Å². The Hall–Kier alpha value is -1.62. The van der Waals surface area contributed by atoms with Crippen LogP contribution in [0.25, 0.3) is 0 Å². The van der Waals surface area contributed by atoms with Crippen LogP contribution in [0, 0.1) is 10.1 Å². The van der Waals surface area contributed by atoms with Gasteiger partial charge in [0.15, 0.2) is 5.75 Å². The van der Waals surface area contributed by atoms with Gasteiger partial charge in [0.2, 0.25) is 0 Å². The molecule has 0 aliphatic carbocycles. The molecular weight excluding hydrogens is 184 g/mol. The van der Waals surface area contributed by atoms with E-state index in [9.17, 15) is 15.2 Å². The summed E-state index contributed by atoms with van der Waals surface area (Å²) in [6, 6.07) is 4.23. The first-order valence-electron chi connectivity index (χ1n) is 4.22. The van der Waals surface area contributed by atoms with Crippen LogP contribution in [-0.2, 0) is 6.42 Å². The molecule has 1 aromatic carbocycles. The molecule has 0 saturated carbocycles. The van der Waals surface area contributed by atoms with Crippen LogP contribution in [0.1, 0.15) is 12.5 Å². The first-order valence-corrected chi connectivity index (χ1v) is 4.22. The van der Waals surface area contributed by atoms with Gasteiger partial charge in [-0.05, 0) is 25.0 Å². The number of phenolic OH excluding ortho intramolecular Hbond substituents is 1. The largest absolute Gasteiger partial charge is 0.502 e. The predicted octanol–water partition coefficient (Wildman–Crippen LogP) is 1.19. The lowest BCUT2D eigenvalue weighted by Crippen LogP contribution is -2.17. The quantitative estimate of drug-likeness (QED) is 0.561. The smallest absolute Gasteiger partial charge is 0.310 e. The van der Waals surface area contributed by atoms with E-state index < -0.39 is 4.92 Å². The lowest BCUT2D eigenvalue weighted by molar-refractivity contribution is -0.385. The van der Waals surface area contributed by atoms with Gasteiger partial charge in [-0.2, -0.15) is 0 Å². The molecule has 0 aromatic heterocycles. The van der Waals surface area contributed by atoms with Gasteiger partial charge in [-0.15, -0.1) is 0 Å². The van der Waals surface area contributed by atoms with E-state index >= 15 is 0 Å². The molecule has 0 fully saturated rings. The van der Waals surface area contributed by atoms with Crippen molar-refractivity contribution in [1.29, 1.82) is 0 Å². The molecule has 0 aliphatic rings. The Morgan fingerprint density at radius 2 is 2.29 bits per heavy atom. The fraction of sp³-hybridized carbons (Fsp3) is 0.333. The zero-order valence-corrected chi connectivity index (χ0v) is 7.80. The maximum Gasteiger partial charge on any atom is 0.310 e. The average Bonchev–Trinajstić information content (AvgIpc) is 2.01. The SMILES string of the molecule is CC(N)Cc1ccc([N+](=O)[O-])c(O)c1. The van der Waals surface area contributed by atoms with Gasteiger partial charge < -0.3 is 10.8 Å². The number of rotatable bonds is 3. The molecule has 1 aromatic rings. The second-order valence-electron chi connectivity index (χ2n) is 3.26. The van der Waals surface area contributed by atoms with Crippen molar-refractivity contribution >= 4 is 5.69 Å². The van der Waals surface area contributed by atoms with Crippen LogP contribution >= 0.6 is 0 Å². The zero-order valence-electron chi connectivity index (χ0n) is 7.80. The topological polar surface area (TPSA) is 89.4 Å². The summed E-state index contributed by atoms with van der Waals surface area (Å²) < 4.78 is 0. The summed E-state index contributed by atoms with van der Waals surface area (Å²) in [7, 11) is 0. The average molecular weight is 196 g/mol. The maximum absolute atomic E-state index is 10.4. The van der Waals surface area contributed by atoms with Gasteiger partial charge in [-0.25, -0.2) is 0 Å². The second kappa shape index (κ2) is 4.06. The van der Waals surface area contributed by atoms with Crippen LogP contribution in [0.3, 0.4) is 0 Å². The standard InChI is InChI=1S/C9H12N2O3/c1-6(10)4-7-2-3-8(11(13)14)9(12)5-7/h2-3,5-6,12H,4,10H2,1H3. The van der Waals surface area contributed by atoms with Crippen LogP contribution in [0.15, 0.2) is 18.2 Å². The number of nitrogens with two attached hydrogens (primary N) is 1. The van der Waals surface area contributed by atoms with E-state index in [-0.39, 0.29) is 17.5 Å². The summed E-state index contributed by atoms with van der Waals surface area (Å²) in [6.07, 6.45) is 0.589. The van der Waals surface area contributed by atoms with Crippen molar-refractivity contribution in [3.05, 3.63) is 33.9 Å². The van der Waals surface area contributed by atoms with Crippen molar-refractivity contribution in [3.63, 3.8) is 0 Å².